The van der Waals surface area contributed by atoms with Crippen LogP contribution >= 0.6 is 11.8 Å². The summed E-state index contributed by atoms with van der Waals surface area (Å²) >= 11 is 1.28. The number of nitrogens with one attached hydrogen (secondary N) is 1. The smallest absolute Gasteiger partial charge is 0.245 e. The van der Waals surface area contributed by atoms with Crippen molar-refractivity contribution in [1.29, 1.82) is 5.41 Å². The van der Waals surface area contributed by atoms with E-state index in [4.69, 9.17) is 15.6 Å². The molecule has 204 valence electrons. The Labute approximate surface area is 254 Å². The molecule has 1 aliphatic heterocycles. The second kappa shape index (κ2) is 9.97. The van der Waals surface area contributed by atoms with Crippen molar-refractivity contribution in [3.8, 4) is 33.8 Å². The lowest BCUT2D eigenvalue weighted by Gasteiger charge is -2.39. The highest BCUT2D eigenvalue weighted by Gasteiger charge is 2.50. The number of rotatable bonds is 3. The monoisotopic (exact) mass is 571 g/mol. The molecule has 3 N–H and O–H groups in total. The Kier molecular flexibility index (Phi) is 5.92. The van der Waals surface area contributed by atoms with Crippen molar-refractivity contribution < 1.29 is 10.1 Å². The molecule has 3 nitrogen and oxygen atoms in total. The molecular formula is C39H27N2OS+. The van der Waals surface area contributed by atoms with E-state index in [0.717, 1.165) is 44.9 Å². The minimum Gasteiger partial charge on any atom is -0.457 e. The molecule has 0 amide bonds. The minimum atomic E-state index is -0.507. The fourth-order valence-corrected chi connectivity index (χ4v) is 7.42. The van der Waals surface area contributed by atoms with Gasteiger partial charge in [0, 0.05) is 16.7 Å². The Balaban J connectivity index is 1.27. The van der Waals surface area contributed by atoms with Crippen LogP contribution in [0.15, 0.2) is 146 Å². The molecule has 6 aromatic rings. The van der Waals surface area contributed by atoms with Gasteiger partial charge in [0.1, 0.15) is 16.5 Å². The van der Waals surface area contributed by atoms with Crippen molar-refractivity contribution in [2.24, 2.45) is 0 Å². The standard InChI is InChI=1S/C39H26N2OS/c40-37(25-11-2-1-3-12-25)43-38(41)28-14-10-13-26(23-28)27-21-22-36-34(24-27)39(33-19-8-9-20-35(33)42-36)31-17-6-4-15-29(31)30-16-5-7-18-32(30)39/h1-24,40-41H/p+1. The molecule has 43 heavy (non-hydrogen) atoms. The zero-order chi connectivity index (χ0) is 29.0. The van der Waals surface area contributed by atoms with Crippen molar-refractivity contribution in [3.05, 3.63) is 179 Å². The normalized spacial score (nSPS) is 13.3. The van der Waals surface area contributed by atoms with Crippen molar-refractivity contribution in [2.75, 3.05) is 0 Å². The zero-order valence-electron chi connectivity index (χ0n) is 23.3. The molecule has 0 unspecified atom stereocenters. The fourth-order valence-electron chi connectivity index (χ4n) is 6.71. The number of nitrogens with two attached hydrogens (primary N) is 1. The van der Waals surface area contributed by atoms with Crippen molar-refractivity contribution in [2.45, 2.75) is 5.41 Å². The van der Waals surface area contributed by atoms with Crippen LogP contribution in [0.5, 0.6) is 11.5 Å². The van der Waals surface area contributed by atoms with E-state index in [1.54, 1.807) is 0 Å². The molecule has 1 aliphatic carbocycles. The average molecular weight is 572 g/mol. The minimum absolute atomic E-state index is 0.411. The van der Waals surface area contributed by atoms with Crippen LogP contribution in [0.2, 0.25) is 0 Å². The second-order valence-electron chi connectivity index (χ2n) is 10.9. The van der Waals surface area contributed by atoms with Crippen molar-refractivity contribution >= 4 is 21.8 Å². The molecule has 2 aliphatic rings. The molecule has 0 saturated carbocycles. The summed E-state index contributed by atoms with van der Waals surface area (Å²) in [6.07, 6.45) is 0. The highest BCUT2D eigenvalue weighted by atomic mass is 32.2. The maximum absolute atomic E-state index is 8.84. The zero-order valence-corrected chi connectivity index (χ0v) is 24.1. The van der Waals surface area contributed by atoms with Gasteiger partial charge in [0.25, 0.3) is 0 Å². The summed E-state index contributed by atoms with van der Waals surface area (Å²) < 4.78 is 6.58. The Bertz CT molecular complexity index is 2040. The van der Waals surface area contributed by atoms with Crippen LogP contribution in [0.4, 0.5) is 0 Å². The quantitative estimate of drug-likeness (QED) is 0.166. The maximum atomic E-state index is 8.84. The molecule has 0 saturated heterocycles. The van der Waals surface area contributed by atoms with Crippen LogP contribution in [0.1, 0.15) is 33.4 Å². The van der Waals surface area contributed by atoms with Crippen LogP contribution in [-0.2, 0) is 5.41 Å². The maximum Gasteiger partial charge on any atom is 0.245 e. The number of fused-ring (bicyclic) bond motifs is 9. The van der Waals surface area contributed by atoms with Gasteiger partial charge in [0.2, 0.25) is 5.04 Å². The Hall–Kier alpha value is -5.19. The highest BCUT2D eigenvalue weighted by Crippen LogP contribution is 2.62. The van der Waals surface area contributed by atoms with Gasteiger partial charge in [-0.25, -0.2) is 5.41 Å². The molecule has 0 fully saturated rings. The highest BCUT2D eigenvalue weighted by molar-refractivity contribution is 8.27. The predicted molar refractivity (Wildman–Crippen MR) is 176 cm³/mol. The largest absolute Gasteiger partial charge is 0.457 e. The third-order valence-corrected chi connectivity index (χ3v) is 9.47. The topological polar surface area (TPSA) is 58.7 Å². The van der Waals surface area contributed by atoms with Gasteiger partial charge in [-0.2, -0.15) is 0 Å². The van der Waals surface area contributed by atoms with Crippen LogP contribution < -0.4 is 10.1 Å². The molecule has 0 radical (unpaired) electrons. The van der Waals surface area contributed by atoms with E-state index in [1.165, 1.54) is 34.0 Å². The third kappa shape index (κ3) is 3.91. The number of benzene rings is 6. The van der Waals surface area contributed by atoms with E-state index >= 15 is 0 Å². The van der Waals surface area contributed by atoms with E-state index in [9.17, 15) is 0 Å². The summed E-state index contributed by atoms with van der Waals surface area (Å²) in [6, 6.07) is 50.4. The van der Waals surface area contributed by atoms with E-state index in [1.807, 2.05) is 48.5 Å². The Morgan fingerprint density at radius 1 is 0.535 bits per heavy atom. The summed E-state index contributed by atoms with van der Waals surface area (Å²) in [5.74, 6) is 1.74. The van der Waals surface area contributed by atoms with Gasteiger partial charge in [-0.05, 0) is 81.5 Å². The lowest BCUT2D eigenvalue weighted by atomic mass is 9.66. The lowest BCUT2D eigenvalue weighted by molar-refractivity contribution is -0.107. The fraction of sp³-hybridized carbons (Fsp3) is 0.0256. The van der Waals surface area contributed by atoms with E-state index < -0.39 is 5.41 Å². The first-order valence-electron chi connectivity index (χ1n) is 14.3. The van der Waals surface area contributed by atoms with Gasteiger partial charge in [0.15, 0.2) is 0 Å². The molecule has 0 bridgehead atoms. The first-order valence-corrected chi connectivity index (χ1v) is 15.1. The molecule has 0 aromatic heterocycles. The van der Waals surface area contributed by atoms with Crippen LogP contribution in [0.3, 0.4) is 0 Å². The van der Waals surface area contributed by atoms with Gasteiger partial charge in [-0.3, -0.25) is 5.41 Å². The van der Waals surface area contributed by atoms with Crippen molar-refractivity contribution in [1.82, 2.24) is 0 Å². The molecule has 6 aromatic carbocycles. The SMILES string of the molecule is N=C(SC(=[NH2+])c1ccccc1)c1cccc(-c2ccc3c(c2)C2(c4ccccc4O3)c3ccccc3-c3ccccc32)c1. The Morgan fingerprint density at radius 2 is 1.12 bits per heavy atom. The molecule has 1 spiro atoms. The molecule has 4 heteroatoms. The lowest BCUT2D eigenvalue weighted by Crippen LogP contribution is -2.38. The summed E-state index contributed by atoms with van der Waals surface area (Å²) in [4.78, 5) is 0. The number of ether oxygens (including phenoxy) is 1. The van der Waals surface area contributed by atoms with Gasteiger partial charge < -0.3 is 4.74 Å². The van der Waals surface area contributed by atoms with Crippen molar-refractivity contribution in [3.63, 3.8) is 0 Å². The van der Waals surface area contributed by atoms with Gasteiger partial charge in [-0.15, -0.1) is 0 Å². The summed E-state index contributed by atoms with van der Waals surface area (Å²) in [7, 11) is 0. The number of hydrogen-bond acceptors (Lipinski definition) is 3. The number of thioether (sulfide) groups is 1. The number of para-hydroxylation sites is 1. The predicted octanol–water partition coefficient (Wildman–Crippen LogP) is 8.09. The third-order valence-electron chi connectivity index (χ3n) is 8.58. The Morgan fingerprint density at radius 3 is 1.86 bits per heavy atom. The van der Waals surface area contributed by atoms with Crippen LogP contribution in [-0.4, -0.2) is 10.1 Å². The summed E-state index contributed by atoms with van der Waals surface area (Å²) in [5, 5.41) is 16.2. The summed E-state index contributed by atoms with van der Waals surface area (Å²) in [5.41, 5.74) is 10.7. The van der Waals surface area contributed by atoms with Crippen LogP contribution in [0, 0.1) is 5.41 Å². The first-order chi connectivity index (χ1) is 21.1. The van der Waals surface area contributed by atoms with Crippen LogP contribution in [0.25, 0.3) is 22.3 Å². The first kappa shape index (κ1) is 25.5. The molecule has 1 heterocycles. The van der Waals surface area contributed by atoms with Gasteiger partial charge in [0.05, 0.1) is 11.0 Å². The molecule has 0 atom stereocenters. The summed E-state index contributed by atoms with van der Waals surface area (Å²) in [6.45, 7) is 0. The molecular weight excluding hydrogens is 545 g/mol. The van der Waals surface area contributed by atoms with E-state index in [2.05, 4.69) is 97.1 Å². The van der Waals surface area contributed by atoms with Gasteiger partial charge in [-0.1, -0.05) is 109 Å². The second-order valence-corrected chi connectivity index (χ2v) is 11.9. The van der Waals surface area contributed by atoms with E-state index in [0.29, 0.717) is 10.1 Å². The van der Waals surface area contributed by atoms with E-state index in [-0.39, 0.29) is 0 Å². The average Bonchev–Trinajstić information content (AvgIpc) is 3.36. The number of hydrogen-bond donors (Lipinski definition) is 2. The molecule has 8 rings (SSSR count). The van der Waals surface area contributed by atoms with Gasteiger partial charge >= 0.3 is 0 Å².